The molecule has 0 saturated heterocycles. The minimum absolute atomic E-state index is 0.832. The van der Waals surface area contributed by atoms with Gasteiger partial charge in [-0.15, -0.1) is 0 Å². The number of hydrogen-bond acceptors (Lipinski definition) is 1. The number of ether oxygens (including phenoxy) is 1. The van der Waals surface area contributed by atoms with E-state index in [1.807, 2.05) is 6.92 Å². The summed E-state index contributed by atoms with van der Waals surface area (Å²) < 4.78 is 6.44. The van der Waals surface area contributed by atoms with Crippen LogP contribution in [-0.2, 0) is 4.74 Å². The molecular formula is C7H17ClOSn. The summed E-state index contributed by atoms with van der Waals surface area (Å²) in [6, 6.07) is 0. The Balaban J connectivity index is 3.04. The van der Waals surface area contributed by atoms with E-state index < -0.39 is 17.3 Å². The second-order valence-electron chi connectivity index (χ2n) is 3.02. The molecule has 0 N–H and O–H groups in total. The summed E-state index contributed by atoms with van der Waals surface area (Å²) in [5.74, 6) is 0. The molecule has 62 valence electrons. The zero-order valence-corrected chi connectivity index (χ0v) is 10.7. The SMILES string of the molecule is CCOCC[CH2][Sn]([CH3])([CH3])[Cl]. The first-order valence-electron chi connectivity index (χ1n) is 3.83. The maximum atomic E-state index is 6.17. The first-order valence-corrected chi connectivity index (χ1v) is 15.2. The van der Waals surface area contributed by atoms with Crippen molar-refractivity contribution in [2.24, 2.45) is 0 Å². The summed E-state index contributed by atoms with van der Waals surface area (Å²) in [6.07, 6.45) is 1.15. The number of hydrogen-bond donors (Lipinski definition) is 0. The zero-order valence-electron chi connectivity index (χ0n) is 7.11. The molecular weight excluding hydrogens is 254 g/mol. The van der Waals surface area contributed by atoms with Crippen molar-refractivity contribution in [2.45, 2.75) is 27.7 Å². The van der Waals surface area contributed by atoms with Crippen LogP contribution in [0.15, 0.2) is 0 Å². The molecule has 0 aliphatic heterocycles. The first-order chi connectivity index (χ1) is 4.56. The maximum absolute atomic E-state index is 6.17. The number of halogens is 1. The molecule has 0 amide bonds. The molecule has 0 radical (unpaired) electrons. The van der Waals surface area contributed by atoms with Crippen molar-refractivity contribution in [1.82, 2.24) is 0 Å². The Morgan fingerprint density at radius 1 is 1.40 bits per heavy atom. The molecule has 0 aromatic carbocycles. The van der Waals surface area contributed by atoms with Crippen LogP contribution in [0.25, 0.3) is 0 Å². The molecule has 0 rings (SSSR count). The van der Waals surface area contributed by atoms with Gasteiger partial charge in [-0.1, -0.05) is 0 Å². The van der Waals surface area contributed by atoms with E-state index in [1.54, 1.807) is 0 Å². The van der Waals surface area contributed by atoms with Gasteiger partial charge in [-0.3, -0.25) is 0 Å². The Hall–Kier alpha value is 1.05. The summed E-state index contributed by atoms with van der Waals surface area (Å²) >= 11 is -1.96. The Labute approximate surface area is 71.7 Å². The summed E-state index contributed by atoms with van der Waals surface area (Å²) in [4.78, 5) is 4.48. The second kappa shape index (κ2) is 5.67. The van der Waals surface area contributed by atoms with E-state index in [4.69, 9.17) is 13.7 Å². The van der Waals surface area contributed by atoms with Crippen LogP contribution in [0.5, 0.6) is 0 Å². The zero-order chi connectivity index (χ0) is 8.04. The van der Waals surface area contributed by atoms with Gasteiger partial charge in [0.1, 0.15) is 0 Å². The van der Waals surface area contributed by atoms with Crippen LogP contribution in [0.3, 0.4) is 0 Å². The average molecular weight is 271 g/mol. The third-order valence-electron chi connectivity index (χ3n) is 1.26. The summed E-state index contributed by atoms with van der Waals surface area (Å²) in [7, 11) is 6.17. The van der Waals surface area contributed by atoms with Crippen LogP contribution in [0, 0.1) is 0 Å². The monoisotopic (exact) mass is 272 g/mol. The van der Waals surface area contributed by atoms with E-state index in [9.17, 15) is 0 Å². The molecule has 0 aliphatic carbocycles. The van der Waals surface area contributed by atoms with E-state index in [1.165, 1.54) is 4.44 Å². The van der Waals surface area contributed by atoms with E-state index in [2.05, 4.69) is 9.88 Å². The molecule has 0 fully saturated rings. The Morgan fingerprint density at radius 3 is 2.40 bits per heavy atom. The quantitative estimate of drug-likeness (QED) is 0.552. The first kappa shape index (κ1) is 11.0. The Bertz CT molecular complexity index is 80.2. The van der Waals surface area contributed by atoms with Gasteiger partial charge in [0.15, 0.2) is 0 Å². The Kier molecular flexibility index (Phi) is 6.26. The van der Waals surface area contributed by atoms with Gasteiger partial charge in [-0.25, -0.2) is 0 Å². The van der Waals surface area contributed by atoms with Gasteiger partial charge in [-0.2, -0.15) is 0 Å². The van der Waals surface area contributed by atoms with E-state index in [-0.39, 0.29) is 0 Å². The van der Waals surface area contributed by atoms with Gasteiger partial charge in [0, 0.05) is 0 Å². The van der Waals surface area contributed by atoms with Crippen molar-refractivity contribution in [2.75, 3.05) is 13.2 Å². The number of rotatable bonds is 5. The molecule has 0 unspecified atom stereocenters. The second-order valence-corrected chi connectivity index (χ2v) is 21.1. The Morgan fingerprint density at radius 2 is 2.00 bits per heavy atom. The summed E-state index contributed by atoms with van der Waals surface area (Å²) in [6.45, 7) is 3.75. The fourth-order valence-corrected chi connectivity index (χ4v) is 4.45. The van der Waals surface area contributed by atoms with Crippen molar-refractivity contribution in [1.29, 1.82) is 0 Å². The molecule has 10 heavy (non-hydrogen) atoms. The predicted molar refractivity (Wildman–Crippen MR) is 49.3 cm³/mol. The van der Waals surface area contributed by atoms with E-state index in [0.717, 1.165) is 19.6 Å². The average Bonchev–Trinajstić information content (AvgIpc) is 1.78. The molecule has 0 saturated carbocycles. The van der Waals surface area contributed by atoms with Crippen molar-refractivity contribution >= 4 is 26.2 Å². The standard InChI is InChI=1S/C5H11O.2CH3.ClH.Sn/c1-3-5-6-4-2;;;;/h1,3-5H2,2H3;2*1H3;1H;/q;;;;+1/p-1. The molecule has 0 aliphatic rings. The van der Waals surface area contributed by atoms with Crippen molar-refractivity contribution in [3.63, 3.8) is 0 Å². The molecule has 0 aromatic heterocycles. The van der Waals surface area contributed by atoms with Crippen LogP contribution < -0.4 is 0 Å². The van der Waals surface area contributed by atoms with Crippen molar-refractivity contribution < 1.29 is 4.74 Å². The molecule has 3 heteroatoms. The van der Waals surface area contributed by atoms with Crippen molar-refractivity contribution in [3.05, 3.63) is 0 Å². The van der Waals surface area contributed by atoms with Crippen LogP contribution in [0.4, 0.5) is 0 Å². The van der Waals surface area contributed by atoms with Gasteiger partial charge >= 0.3 is 71.8 Å². The van der Waals surface area contributed by atoms with Crippen LogP contribution >= 0.6 is 8.92 Å². The minimum atomic E-state index is -1.96. The van der Waals surface area contributed by atoms with Crippen LogP contribution in [0.2, 0.25) is 14.3 Å². The van der Waals surface area contributed by atoms with Gasteiger partial charge in [-0.05, 0) is 0 Å². The third-order valence-corrected chi connectivity index (χ3v) is 6.93. The summed E-state index contributed by atoms with van der Waals surface area (Å²) in [5, 5.41) is 0. The fraction of sp³-hybridized carbons (Fsp3) is 1.00. The molecule has 0 heterocycles. The molecule has 0 spiro atoms. The molecule has 0 atom stereocenters. The van der Waals surface area contributed by atoms with E-state index >= 15 is 0 Å². The van der Waals surface area contributed by atoms with Gasteiger partial charge in [0.2, 0.25) is 0 Å². The summed E-state index contributed by atoms with van der Waals surface area (Å²) in [5.41, 5.74) is 0. The normalized spacial score (nSPS) is 12.0. The molecule has 0 bridgehead atoms. The van der Waals surface area contributed by atoms with Gasteiger partial charge < -0.3 is 0 Å². The van der Waals surface area contributed by atoms with Crippen molar-refractivity contribution in [3.8, 4) is 0 Å². The van der Waals surface area contributed by atoms with Crippen LogP contribution in [0.1, 0.15) is 13.3 Å². The van der Waals surface area contributed by atoms with E-state index in [0.29, 0.717) is 0 Å². The van der Waals surface area contributed by atoms with Crippen LogP contribution in [-0.4, -0.2) is 30.5 Å². The third kappa shape index (κ3) is 9.05. The topological polar surface area (TPSA) is 9.23 Å². The fourth-order valence-electron chi connectivity index (χ4n) is 0.739. The molecule has 0 aromatic rings. The van der Waals surface area contributed by atoms with Gasteiger partial charge in [0.05, 0.1) is 0 Å². The van der Waals surface area contributed by atoms with Gasteiger partial charge in [0.25, 0.3) is 0 Å². The predicted octanol–water partition coefficient (Wildman–Crippen LogP) is 2.86. The molecule has 1 nitrogen and oxygen atoms in total.